The maximum Gasteiger partial charge on any atom is 0.251 e. The van der Waals surface area contributed by atoms with Gasteiger partial charge >= 0.3 is 0 Å². The minimum atomic E-state index is -0.531. The second-order valence-corrected chi connectivity index (χ2v) is 5.46. The monoisotopic (exact) mass is 336 g/mol. The molecule has 2 rings (SSSR count). The van der Waals surface area contributed by atoms with Crippen molar-refractivity contribution in [2.75, 3.05) is 26.8 Å². The summed E-state index contributed by atoms with van der Waals surface area (Å²) in [4.78, 5) is 12.1. The lowest BCUT2D eigenvalue weighted by Gasteiger charge is -2.29. The number of methoxy groups -OCH3 is 1. The van der Waals surface area contributed by atoms with Gasteiger partial charge in [0.05, 0.1) is 17.2 Å². The summed E-state index contributed by atoms with van der Waals surface area (Å²) in [7, 11) is 1.64. The third-order valence-electron chi connectivity index (χ3n) is 3.52. The van der Waals surface area contributed by atoms with Gasteiger partial charge in [0.15, 0.2) is 0 Å². The maximum atomic E-state index is 13.1. The average molecular weight is 337 g/mol. The standard InChI is InChI=1S/C14H18ClFN2O2.ClH/c1-20-9-14(5-2-6-18-14)8-17-13(19)10-3-4-12(16)11(15)7-10;/h3-4,7,18H,2,5-6,8-9H2,1H3,(H,17,19);1H. The number of nitrogens with one attached hydrogen (secondary N) is 2. The van der Waals surface area contributed by atoms with Crippen molar-refractivity contribution in [3.05, 3.63) is 34.6 Å². The molecule has 0 aliphatic carbocycles. The molecule has 118 valence electrons. The maximum absolute atomic E-state index is 13.1. The molecule has 0 saturated carbocycles. The van der Waals surface area contributed by atoms with E-state index >= 15 is 0 Å². The second kappa shape index (κ2) is 7.94. The Morgan fingerprint density at radius 1 is 1.57 bits per heavy atom. The number of hydrogen-bond donors (Lipinski definition) is 2. The minimum absolute atomic E-state index is 0. The van der Waals surface area contributed by atoms with E-state index < -0.39 is 5.82 Å². The zero-order valence-corrected chi connectivity index (χ0v) is 13.3. The molecule has 1 aromatic rings. The summed E-state index contributed by atoms with van der Waals surface area (Å²) in [6, 6.07) is 3.94. The molecule has 1 unspecified atom stereocenters. The van der Waals surface area contributed by atoms with Gasteiger partial charge in [-0.2, -0.15) is 0 Å². The zero-order valence-electron chi connectivity index (χ0n) is 11.7. The topological polar surface area (TPSA) is 50.4 Å². The van der Waals surface area contributed by atoms with Crippen molar-refractivity contribution in [3.63, 3.8) is 0 Å². The third-order valence-corrected chi connectivity index (χ3v) is 3.81. The second-order valence-electron chi connectivity index (χ2n) is 5.06. The summed E-state index contributed by atoms with van der Waals surface area (Å²) in [6.45, 7) is 1.92. The molecule has 1 saturated heterocycles. The van der Waals surface area contributed by atoms with Crippen LogP contribution >= 0.6 is 24.0 Å². The number of benzene rings is 1. The van der Waals surface area contributed by atoms with Gasteiger partial charge in [0, 0.05) is 19.2 Å². The van der Waals surface area contributed by atoms with Gasteiger partial charge in [0.1, 0.15) is 5.82 Å². The largest absolute Gasteiger partial charge is 0.383 e. The summed E-state index contributed by atoms with van der Waals surface area (Å²) in [5.74, 6) is -0.799. The van der Waals surface area contributed by atoms with Gasteiger partial charge in [-0.3, -0.25) is 4.79 Å². The van der Waals surface area contributed by atoms with Gasteiger partial charge in [-0.05, 0) is 37.6 Å². The number of hydrogen-bond acceptors (Lipinski definition) is 3. The first-order chi connectivity index (χ1) is 9.56. The molecule has 0 aromatic heterocycles. The third kappa shape index (κ3) is 4.54. The molecule has 4 nitrogen and oxygen atoms in total. The van der Waals surface area contributed by atoms with Crippen LogP contribution in [-0.2, 0) is 4.74 Å². The van der Waals surface area contributed by atoms with Crippen LogP contribution < -0.4 is 10.6 Å². The van der Waals surface area contributed by atoms with E-state index in [1.807, 2.05) is 0 Å². The summed E-state index contributed by atoms with van der Waals surface area (Å²) in [5, 5.41) is 6.17. The van der Waals surface area contributed by atoms with Crippen LogP contribution in [-0.4, -0.2) is 38.3 Å². The summed E-state index contributed by atoms with van der Waals surface area (Å²) in [6.07, 6.45) is 2.01. The molecule has 2 N–H and O–H groups in total. The molecule has 21 heavy (non-hydrogen) atoms. The Labute approximate surface area is 134 Å². The van der Waals surface area contributed by atoms with Gasteiger partial charge in [-0.15, -0.1) is 12.4 Å². The van der Waals surface area contributed by atoms with Gasteiger partial charge < -0.3 is 15.4 Å². The number of amides is 1. The summed E-state index contributed by atoms with van der Waals surface area (Å²) >= 11 is 5.67. The van der Waals surface area contributed by atoms with E-state index in [0.29, 0.717) is 18.7 Å². The van der Waals surface area contributed by atoms with Crippen LogP contribution in [0.25, 0.3) is 0 Å². The summed E-state index contributed by atoms with van der Waals surface area (Å²) in [5.41, 5.74) is 0.135. The fourth-order valence-electron chi connectivity index (χ4n) is 2.46. The van der Waals surface area contributed by atoms with Gasteiger partial charge in [-0.1, -0.05) is 11.6 Å². The van der Waals surface area contributed by atoms with Crippen LogP contribution in [0.1, 0.15) is 23.2 Å². The van der Waals surface area contributed by atoms with E-state index in [9.17, 15) is 9.18 Å². The van der Waals surface area contributed by atoms with Crippen molar-refractivity contribution in [3.8, 4) is 0 Å². The normalized spacial score (nSPS) is 20.9. The van der Waals surface area contributed by atoms with Gasteiger partial charge in [0.2, 0.25) is 0 Å². The highest BCUT2D eigenvalue weighted by molar-refractivity contribution is 6.31. The lowest BCUT2D eigenvalue weighted by molar-refractivity contribution is 0.0892. The average Bonchev–Trinajstić information content (AvgIpc) is 2.89. The van der Waals surface area contributed by atoms with Crippen LogP contribution in [0.4, 0.5) is 4.39 Å². The van der Waals surface area contributed by atoms with E-state index in [1.54, 1.807) is 7.11 Å². The van der Waals surface area contributed by atoms with Crippen molar-refractivity contribution in [2.45, 2.75) is 18.4 Å². The molecule has 1 atom stereocenters. The highest BCUT2D eigenvalue weighted by Crippen LogP contribution is 2.20. The number of carbonyl (C=O) groups excluding carboxylic acids is 1. The van der Waals surface area contributed by atoms with Crippen molar-refractivity contribution >= 4 is 29.9 Å². The molecule has 1 aromatic carbocycles. The lowest BCUT2D eigenvalue weighted by atomic mass is 9.98. The molecular weight excluding hydrogens is 318 g/mol. The Bertz CT molecular complexity index is 494. The molecular formula is C14H19Cl2FN2O2. The zero-order chi connectivity index (χ0) is 14.6. The summed E-state index contributed by atoms with van der Waals surface area (Å²) < 4.78 is 18.3. The number of halogens is 3. The van der Waals surface area contributed by atoms with Crippen molar-refractivity contribution in [2.24, 2.45) is 0 Å². The molecule has 0 bridgehead atoms. The number of rotatable bonds is 5. The fourth-order valence-corrected chi connectivity index (χ4v) is 2.64. The van der Waals surface area contributed by atoms with E-state index in [4.69, 9.17) is 16.3 Å². The molecule has 1 aliphatic rings. The Balaban J connectivity index is 0.00000220. The molecule has 1 amide bonds. The predicted molar refractivity (Wildman–Crippen MR) is 82.8 cm³/mol. The first-order valence-electron chi connectivity index (χ1n) is 6.53. The van der Waals surface area contributed by atoms with E-state index in [-0.39, 0.29) is 28.9 Å². The van der Waals surface area contributed by atoms with Crippen LogP contribution in [0.5, 0.6) is 0 Å². The molecule has 0 spiro atoms. The molecule has 1 fully saturated rings. The Kier molecular flexibility index (Phi) is 6.87. The molecule has 0 radical (unpaired) electrons. The Morgan fingerprint density at radius 3 is 2.90 bits per heavy atom. The SMILES string of the molecule is COCC1(CNC(=O)c2ccc(F)c(Cl)c2)CCCN1.Cl. The quantitative estimate of drug-likeness (QED) is 0.868. The van der Waals surface area contributed by atoms with E-state index in [0.717, 1.165) is 19.4 Å². The fraction of sp³-hybridized carbons (Fsp3) is 0.500. The molecule has 7 heteroatoms. The number of ether oxygens (including phenoxy) is 1. The molecule has 1 heterocycles. The van der Waals surface area contributed by atoms with Gasteiger partial charge in [-0.25, -0.2) is 4.39 Å². The lowest BCUT2D eigenvalue weighted by Crippen LogP contribution is -2.53. The van der Waals surface area contributed by atoms with E-state index in [2.05, 4.69) is 10.6 Å². The highest BCUT2D eigenvalue weighted by Gasteiger charge is 2.33. The van der Waals surface area contributed by atoms with Crippen molar-refractivity contribution in [1.29, 1.82) is 0 Å². The van der Waals surface area contributed by atoms with Crippen molar-refractivity contribution < 1.29 is 13.9 Å². The smallest absolute Gasteiger partial charge is 0.251 e. The van der Waals surface area contributed by atoms with E-state index in [1.165, 1.54) is 18.2 Å². The van der Waals surface area contributed by atoms with Crippen molar-refractivity contribution in [1.82, 2.24) is 10.6 Å². The van der Waals surface area contributed by atoms with Crippen LogP contribution in [0.15, 0.2) is 18.2 Å². The van der Waals surface area contributed by atoms with Crippen LogP contribution in [0.2, 0.25) is 5.02 Å². The first-order valence-corrected chi connectivity index (χ1v) is 6.91. The minimum Gasteiger partial charge on any atom is -0.383 e. The van der Waals surface area contributed by atoms with Crippen LogP contribution in [0.3, 0.4) is 0 Å². The predicted octanol–water partition coefficient (Wildman–Crippen LogP) is 2.40. The Morgan fingerprint density at radius 2 is 2.33 bits per heavy atom. The van der Waals surface area contributed by atoms with Crippen LogP contribution in [0, 0.1) is 5.82 Å². The first kappa shape index (κ1) is 18.2. The van der Waals surface area contributed by atoms with Gasteiger partial charge in [0.25, 0.3) is 5.91 Å². The number of carbonyl (C=O) groups is 1. The Hall–Kier alpha value is -0.880. The highest BCUT2D eigenvalue weighted by atomic mass is 35.5. The molecule has 1 aliphatic heterocycles.